The van der Waals surface area contributed by atoms with Gasteiger partial charge < -0.3 is 0 Å². The summed E-state index contributed by atoms with van der Waals surface area (Å²) in [5.74, 6) is 0. The van der Waals surface area contributed by atoms with Crippen LogP contribution in [-0.4, -0.2) is 0 Å². The summed E-state index contributed by atoms with van der Waals surface area (Å²) >= 11 is 0. The Balaban J connectivity index is 3.25. The molecule has 0 aliphatic heterocycles. The van der Waals surface area contributed by atoms with Crippen molar-refractivity contribution >= 4 is 0 Å². The van der Waals surface area contributed by atoms with Crippen LogP contribution in [0.3, 0.4) is 0 Å². The van der Waals surface area contributed by atoms with Gasteiger partial charge in [0.2, 0.25) is 0 Å². The molecule has 0 nitrogen and oxygen atoms in total. The summed E-state index contributed by atoms with van der Waals surface area (Å²) in [6.45, 7) is 7.56. The van der Waals surface area contributed by atoms with E-state index in [4.69, 9.17) is 0 Å². The van der Waals surface area contributed by atoms with Gasteiger partial charge in [0.25, 0.3) is 0 Å². The largest absolute Gasteiger partial charge is 0.416 e. The number of alkyl halides is 3. The Labute approximate surface area is 94.5 Å². The molecule has 0 saturated carbocycles. The van der Waals surface area contributed by atoms with Gasteiger partial charge in [0.05, 0.1) is 5.56 Å². The topological polar surface area (TPSA) is 0 Å². The van der Waals surface area contributed by atoms with Gasteiger partial charge in [-0.1, -0.05) is 32.9 Å². The maximum atomic E-state index is 12.8. The van der Waals surface area contributed by atoms with E-state index in [0.717, 1.165) is 6.07 Å². The van der Waals surface area contributed by atoms with Crippen molar-refractivity contribution in [3.63, 3.8) is 0 Å². The maximum absolute atomic E-state index is 12.8. The molecule has 0 aliphatic rings. The smallest absolute Gasteiger partial charge is 0.166 e. The van der Waals surface area contributed by atoms with Crippen molar-refractivity contribution in [1.82, 2.24) is 0 Å². The van der Waals surface area contributed by atoms with Crippen LogP contribution in [0.1, 0.15) is 37.5 Å². The molecule has 1 rings (SSSR count). The Morgan fingerprint density at radius 3 is 2.06 bits per heavy atom. The summed E-state index contributed by atoms with van der Waals surface area (Å²) in [5.41, 5.74) is 0.487. The first-order valence-corrected chi connectivity index (χ1v) is 5.27. The highest BCUT2D eigenvalue weighted by Crippen LogP contribution is 2.36. The summed E-state index contributed by atoms with van der Waals surface area (Å²) in [6.07, 6.45) is -3.82. The first kappa shape index (κ1) is 13.1. The van der Waals surface area contributed by atoms with Gasteiger partial charge >= 0.3 is 6.18 Å². The molecule has 0 fully saturated rings. The summed E-state index contributed by atoms with van der Waals surface area (Å²) in [4.78, 5) is 0. The lowest BCUT2D eigenvalue weighted by molar-refractivity contribution is -0.138. The fraction of sp³-hybridized carbons (Fsp3) is 0.538. The molecule has 0 saturated heterocycles. The fourth-order valence-corrected chi connectivity index (χ4v) is 1.73. The lowest BCUT2D eigenvalue weighted by Crippen LogP contribution is -2.16. The molecule has 90 valence electrons. The Morgan fingerprint density at radius 2 is 1.62 bits per heavy atom. The van der Waals surface area contributed by atoms with E-state index in [1.54, 1.807) is 13.0 Å². The van der Waals surface area contributed by atoms with Crippen molar-refractivity contribution in [2.75, 3.05) is 0 Å². The molecule has 0 atom stereocenters. The van der Waals surface area contributed by atoms with Crippen molar-refractivity contribution in [3.05, 3.63) is 34.9 Å². The molecule has 0 N–H and O–H groups in total. The normalized spacial score (nSPS) is 12.9. The molecule has 0 spiro atoms. The molecular weight excluding hydrogens is 213 g/mol. The summed E-state index contributed by atoms with van der Waals surface area (Å²) < 4.78 is 38.4. The van der Waals surface area contributed by atoms with Crippen LogP contribution in [0.25, 0.3) is 0 Å². The van der Waals surface area contributed by atoms with Crippen LogP contribution < -0.4 is 0 Å². The molecular formula is C13H17F3. The molecule has 0 amide bonds. The van der Waals surface area contributed by atoms with Crippen molar-refractivity contribution in [2.24, 2.45) is 5.41 Å². The molecule has 1 aromatic rings. The van der Waals surface area contributed by atoms with Crippen LogP contribution in [0.15, 0.2) is 18.2 Å². The molecule has 0 radical (unpaired) electrons. The van der Waals surface area contributed by atoms with E-state index in [9.17, 15) is 13.2 Å². The molecule has 0 bridgehead atoms. The number of hydrogen-bond donors (Lipinski definition) is 0. The predicted molar refractivity (Wildman–Crippen MR) is 59.3 cm³/mol. The van der Waals surface area contributed by atoms with Crippen LogP contribution in [0, 0.1) is 12.3 Å². The minimum atomic E-state index is -4.26. The number of rotatable bonds is 1. The van der Waals surface area contributed by atoms with Crippen LogP contribution in [0.2, 0.25) is 0 Å². The first-order chi connectivity index (χ1) is 7.11. The van der Waals surface area contributed by atoms with Crippen LogP contribution in [0.4, 0.5) is 13.2 Å². The van der Waals surface area contributed by atoms with Crippen molar-refractivity contribution < 1.29 is 13.2 Å². The van der Waals surface area contributed by atoms with Gasteiger partial charge in [-0.2, -0.15) is 13.2 Å². The third-order valence-electron chi connectivity index (χ3n) is 2.42. The SMILES string of the molecule is Cc1cccc(C(F)(F)F)c1CC(C)(C)C. The second-order valence-electron chi connectivity index (χ2n) is 5.34. The van der Waals surface area contributed by atoms with Gasteiger partial charge in [-0.3, -0.25) is 0 Å². The quantitative estimate of drug-likeness (QED) is 0.661. The van der Waals surface area contributed by atoms with Gasteiger partial charge in [-0.05, 0) is 36.0 Å². The van der Waals surface area contributed by atoms with Crippen LogP contribution in [0.5, 0.6) is 0 Å². The van der Waals surface area contributed by atoms with E-state index < -0.39 is 11.7 Å². The van der Waals surface area contributed by atoms with Crippen LogP contribution in [-0.2, 0) is 12.6 Å². The molecule has 0 aliphatic carbocycles. The Hall–Kier alpha value is -0.990. The zero-order chi connectivity index (χ0) is 12.6. The maximum Gasteiger partial charge on any atom is 0.416 e. The van der Waals surface area contributed by atoms with E-state index in [-0.39, 0.29) is 5.41 Å². The third-order valence-corrected chi connectivity index (χ3v) is 2.42. The van der Waals surface area contributed by atoms with Gasteiger partial charge in [0, 0.05) is 0 Å². The molecule has 1 aromatic carbocycles. The average Bonchev–Trinajstić information content (AvgIpc) is 2.04. The standard InChI is InChI=1S/C13H17F3/c1-9-6-5-7-11(13(14,15)16)10(9)8-12(2,3)4/h5-7H,8H2,1-4H3. The zero-order valence-corrected chi connectivity index (χ0v) is 10.1. The van der Waals surface area contributed by atoms with E-state index >= 15 is 0 Å². The monoisotopic (exact) mass is 230 g/mol. The second-order valence-corrected chi connectivity index (χ2v) is 5.34. The van der Waals surface area contributed by atoms with Crippen molar-refractivity contribution in [3.8, 4) is 0 Å². The number of halogens is 3. The highest BCUT2D eigenvalue weighted by molar-refractivity contribution is 5.37. The average molecular weight is 230 g/mol. The number of aryl methyl sites for hydroxylation is 1. The lowest BCUT2D eigenvalue weighted by Gasteiger charge is -2.23. The van der Waals surface area contributed by atoms with E-state index in [1.165, 1.54) is 6.07 Å². The van der Waals surface area contributed by atoms with Crippen molar-refractivity contribution in [1.29, 1.82) is 0 Å². The van der Waals surface area contributed by atoms with E-state index in [1.807, 2.05) is 20.8 Å². The third kappa shape index (κ3) is 3.26. The summed E-state index contributed by atoms with van der Waals surface area (Å²) in [7, 11) is 0. The van der Waals surface area contributed by atoms with Gasteiger partial charge in [0.1, 0.15) is 0 Å². The van der Waals surface area contributed by atoms with E-state index in [2.05, 4.69) is 0 Å². The molecule has 0 aromatic heterocycles. The number of benzene rings is 1. The fourth-order valence-electron chi connectivity index (χ4n) is 1.73. The molecule has 0 heterocycles. The highest BCUT2D eigenvalue weighted by atomic mass is 19.4. The lowest BCUT2D eigenvalue weighted by atomic mass is 9.84. The van der Waals surface area contributed by atoms with Crippen molar-refractivity contribution in [2.45, 2.75) is 40.3 Å². The minimum absolute atomic E-state index is 0.147. The number of hydrogen-bond acceptors (Lipinski definition) is 0. The first-order valence-electron chi connectivity index (χ1n) is 5.27. The summed E-state index contributed by atoms with van der Waals surface area (Å²) in [6, 6.07) is 4.36. The van der Waals surface area contributed by atoms with Gasteiger partial charge in [0.15, 0.2) is 0 Å². The second kappa shape index (κ2) is 4.11. The molecule has 16 heavy (non-hydrogen) atoms. The van der Waals surface area contributed by atoms with E-state index in [0.29, 0.717) is 17.5 Å². The molecule has 3 heteroatoms. The van der Waals surface area contributed by atoms with Gasteiger partial charge in [-0.15, -0.1) is 0 Å². The summed E-state index contributed by atoms with van der Waals surface area (Å²) in [5, 5.41) is 0. The minimum Gasteiger partial charge on any atom is -0.166 e. The van der Waals surface area contributed by atoms with Crippen LogP contribution >= 0.6 is 0 Å². The Kier molecular flexibility index (Phi) is 3.36. The molecule has 0 unspecified atom stereocenters. The highest BCUT2D eigenvalue weighted by Gasteiger charge is 2.34. The predicted octanol–water partition coefficient (Wildman–Crippen LogP) is 4.60. The Morgan fingerprint density at radius 1 is 1.06 bits per heavy atom. The zero-order valence-electron chi connectivity index (χ0n) is 10.1. The van der Waals surface area contributed by atoms with Gasteiger partial charge in [-0.25, -0.2) is 0 Å². The Bertz CT molecular complexity index is 370.